The Balaban J connectivity index is 2.88. The van der Waals surface area contributed by atoms with Crippen LogP contribution in [0.15, 0.2) is 30.5 Å². The van der Waals surface area contributed by atoms with Gasteiger partial charge in [-0.1, -0.05) is 23.2 Å². The first kappa shape index (κ1) is 12.1. The van der Waals surface area contributed by atoms with Crippen LogP contribution in [-0.4, -0.2) is 24.8 Å². The Kier molecular flexibility index (Phi) is 4.18. The Hall–Kier alpha value is -0.990. The predicted molar refractivity (Wildman–Crippen MR) is 63.6 cm³/mol. The molecule has 0 saturated heterocycles. The Morgan fingerprint density at radius 3 is 2.47 bits per heavy atom. The quantitative estimate of drug-likeness (QED) is 0.600. The second-order valence-corrected chi connectivity index (χ2v) is 4.09. The van der Waals surface area contributed by atoms with Crippen molar-refractivity contribution in [3.8, 4) is 0 Å². The standard InChI is InChI=1S/C11H11Cl2NO/c1-14(2)6-5-11(15)8-3-4-9(12)10(13)7-8/h3-7H,1-2H3/b6-5+. The van der Waals surface area contributed by atoms with Gasteiger partial charge in [0.25, 0.3) is 0 Å². The number of carbonyl (C=O) groups excluding carboxylic acids is 1. The highest BCUT2D eigenvalue weighted by molar-refractivity contribution is 6.42. The molecule has 1 aromatic carbocycles. The average Bonchev–Trinajstić information content (AvgIpc) is 2.18. The van der Waals surface area contributed by atoms with E-state index in [1.165, 1.54) is 6.08 Å². The van der Waals surface area contributed by atoms with E-state index in [1.54, 1.807) is 29.3 Å². The Morgan fingerprint density at radius 1 is 1.27 bits per heavy atom. The lowest BCUT2D eigenvalue weighted by Gasteiger charge is -2.03. The normalized spacial score (nSPS) is 10.7. The minimum atomic E-state index is -0.0951. The van der Waals surface area contributed by atoms with Crippen molar-refractivity contribution >= 4 is 29.0 Å². The first-order chi connectivity index (χ1) is 7.00. The first-order valence-electron chi connectivity index (χ1n) is 4.34. The number of nitrogens with zero attached hydrogens (tertiary/aromatic N) is 1. The molecule has 0 aliphatic rings. The summed E-state index contributed by atoms with van der Waals surface area (Å²) >= 11 is 11.5. The van der Waals surface area contributed by atoms with Gasteiger partial charge in [0.15, 0.2) is 5.78 Å². The van der Waals surface area contributed by atoms with Crippen molar-refractivity contribution in [3.63, 3.8) is 0 Å². The molecule has 0 heterocycles. The van der Waals surface area contributed by atoms with Gasteiger partial charge in [0.05, 0.1) is 10.0 Å². The molecule has 1 rings (SSSR count). The van der Waals surface area contributed by atoms with E-state index in [1.807, 2.05) is 14.1 Å². The van der Waals surface area contributed by atoms with Crippen LogP contribution in [0.4, 0.5) is 0 Å². The van der Waals surface area contributed by atoms with Crippen molar-refractivity contribution in [1.82, 2.24) is 4.90 Å². The average molecular weight is 244 g/mol. The van der Waals surface area contributed by atoms with Gasteiger partial charge in [0.2, 0.25) is 0 Å². The fourth-order valence-corrected chi connectivity index (χ4v) is 1.26. The molecule has 4 heteroatoms. The summed E-state index contributed by atoms with van der Waals surface area (Å²) in [7, 11) is 3.69. The minimum absolute atomic E-state index is 0.0951. The molecule has 0 N–H and O–H groups in total. The lowest BCUT2D eigenvalue weighted by atomic mass is 10.1. The van der Waals surface area contributed by atoms with Gasteiger partial charge < -0.3 is 4.90 Å². The molecule has 0 amide bonds. The van der Waals surface area contributed by atoms with E-state index in [0.29, 0.717) is 15.6 Å². The van der Waals surface area contributed by atoms with E-state index >= 15 is 0 Å². The third kappa shape index (κ3) is 3.57. The number of rotatable bonds is 3. The molecule has 1 aromatic rings. The van der Waals surface area contributed by atoms with Crippen LogP contribution in [0, 0.1) is 0 Å². The molecular weight excluding hydrogens is 233 g/mol. The molecule has 15 heavy (non-hydrogen) atoms. The summed E-state index contributed by atoms with van der Waals surface area (Å²) < 4.78 is 0. The minimum Gasteiger partial charge on any atom is -0.383 e. The molecule has 0 saturated carbocycles. The van der Waals surface area contributed by atoms with Crippen LogP contribution in [0.25, 0.3) is 0 Å². The van der Waals surface area contributed by atoms with E-state index < -0.39 is 0 Å². The van der Waals surface area contributed by atoms with Gasteiger partial charge in [0.1, 0.15) is 0 Å². The Labute approximate surface area is 99.1 Å². The predicted octanol–water partition coefficient (Wildman–Crippen LogP) is 3.25. The molecule has 0 atom stereocenters. The monoisotopic (exact) mass is 243 g/mol. The van der Waals surface area contributed by atoms with Crippen LogP contribution in [0.5, 0.6) is 0 Å². The molecule has 0 spiro atoms. The summed E-state index contributed by atoms with van der Waals surface area (Å²) in [6.07, 6.45) is 3.17. The number of allylic oxidation sites excluding steroid dienone is 1. The molecule has 0 aliphatic carbocycles. The maximum atomic E-state index is 11.6. The number of halogens is 2. The highest BCUT2D eigenvalue weighted by atomic mass is 35.5. The molecule has 0 radical (unpaired) electrons. The fourth-order valence-electron chi connectivity index (χ4n) is 0.962. The van der Waals surface area contributed by atoms with Gasteiger partial charge in [0, 0.05) is 31.9 Å². The van der Waals surface area contributed by atoms with Crippen LogP contribution in [-0.2, 0) is 0 Å². The van der Waals surface area contributed by atoms with Crippen LogP contribution in [0.2, 0.25) is 10.0 Å². The Morgan fingerprint density at radius 2 is 1.93 bits per heavy atom. The summed E-state index contributed by atoms with van der Waals surface area (Å²) in [5.74, 6) is -0.0951. The maximum absolute atomic E-state index is 11.6. The van der Waals surface area contributed by atoms with Crippen LogP contribution in [0.1, 0.15) is 10.4 Å². The van der Waals surface area contributed by atoms with Crippen molar-refractivity contribution in [2.45, 2.75) is 0 Å². The molecule has 0 fully saturated rings. The zero-order valence-electron chi connectivity index (χ0n) is 8.50. The first-order valence-corrected chi connectivity index (χ1v) is 5.10. The van der Waals surface area contributed by atoms with Crippen molar-refractivity contribution < 1.29 is 4.79 Å². The molecule has 2 nitrogen and oxygen atoms in total. The molecule has 0 unspecified atom stereocenters. The van der Waals surface area contributed by atoms with E-state index in [9.17, 15) is 4.79 Å². The smallest absolute Gasteiger partial charge is 0.187 e. The molecular formula is C11H11Cl2NO. The van der Waals surface area contributed by atoms with Crippen molar-refractivity contribution in [2.75, 3.05) is 14.1 Å². The van der Waals surface area contributed by atoms with Crippen molar-refractivity contribution in [1.29, 1.82) is 0 Å². The molecule has 0 aliphatic heterocycles. The van der Waals surface area contributed by atoms with Crippen LogP contribution >= 0.6 is 23.2 Å². The van der Waals surface area contributed by atoms with Gasteiger partial charge in [-0.15, -0.1) is 0 Å². The lowest BCUT2D eigenvalue weighted by Crippen LogP contribution is -2.03. The Bertz CT molecular complexity index is 400. The fraction of sp³-hybridized carbons (Fsp3) is 0.182. The third-order valence-electron chi connectivity index (χ3n) is 1.73. The van der Waals surface area contributed by atoms with Gasteiger partial charge in [-0.2, -0.15) is 0 Å². The zero-order valence-corrected chi connectivity index (χ0v) is 10.0. The second kappa shape index (κ2) is 5.19. The summed E-state index contributed by atoms with van der Waals surface area (Å²) in [5.41, 5.74) is 0.530. The number of benzene rings is 1. The number of hydrogen-bond donors (Lipinski definition) is 0. The highest BCUT2D eigenvalue weighted by Crippen LogP contribution is 2.22. The number of hydrogen-bond acceptors (Lipinski definition) is 2. The van der Waals surface area contributed by atoms with Crippen LogP contribution in [0.3, 0.4) is 0 Å². The summed E-state index contributed by atoms with van der Waals surface area (Å²) in [6, 6.07) is 4.82. The van der Waals surface area contributed by atoms with Gasteiger partial charge in [-0.3, -0.25) is 4.79 Å². The van der Waals surface area contributed by atoms with Crippen LogP contribution < -0.4 is 0 Å². The van der Waals surface area contributed by atoms with Crippen molar-refractivity contribution in [2.24, 2.45) is 0 Å². The number of carbonyl (C=O) groups is 1. The van der Waals surface area contributed by atoms with E-state index in [2.05, 4.69) is 0 Å². The maximum Gasteiger partial charge on any atom is 0.187 e. The van der Waals surface area contributed by atoms with E-state index in [-0.39, 0.29) is 5.78 Å². The third-order valence-corrected chi connectivity index (χ3v) is 2.47. The topological polar surface area (TPSA) is 20.3 Å². The second-order valence-electron chi connectivity index (χ2n) is 3.27. The summed E-state index contributed by atoms with van der Waals surface area (Å²) in [6.45, 7) is 0. The number of ketones is 1. The largest absolute Gasteiger partial charge is 0.383 e. The van der Waals surface area contributed by atoms with Gasteiger partial charge in [-0.05, 0) is 18.2 Å². The van der Waals surface area contributed by atoms with Gasteiger partial charge in [-0.25, -0.2) is 0 Å². The highest BCUT2D eigenvalue weighted by Gasteiger charge is 2.04. The van der Waals surface area contributed by atoms with Crippen molar-refractivity contribution in [3.05, 3.63) is 46.1 Å². The van der Waals surface area contributed by atoms with E-state index in [4.69, 9.17) is 23.2 Å². The molecule has 0 bridgehead atoms. The molecule has 80 valence electrons. The van der Waals surface area contributed by atoms with E-state index in [0.717, 1.165) is 0 Å². The summed E-state index contributed by atoms with van der Waals surface area (Å²) in [5, 5.41) is 0.838. The van der Waals surface area contributed by atoms with Gasteiger partial charge >= 0.3 is 0 Å². The molecule has 0 aromatic heterocycles. The zero-order chi connectivity index (χ0) is 11.4. The lowest BCUT2D eigenvalue weighted by molar-refractivity contribution is 0.104. The SMILES string of the molecule is CN(C)/C=C/C(=O)c1ccc(Cl)c(Cl)c1. The summed E-state index contributed by atoms with van der Waals surface area (Å²) in [4.78, 5) is 13.4.